The normalized spacial score (nSPS) is 10.8. The summed E-state index contributed by atoms with van der Waals surface area (Å²) in [6, 6.07) is 4.81. The third-order valence-corrected chi connectivity index (χ3v) is 5.34. The third kappa shape index (κ3) is 5.70. The molecule has 1 aromatic heterocycles. The number of halogens is 2. The quantitative estimate of drug-likeness (QED) is 0.790. The highest BCUT2D eigenvalue weighted by Gasteiger charge is 2.16. The standard InChI is InChI=1S/C17H19Cl2N3O2S/c1-10(2)17-21-12(9-25-17)7-16(24)22(3)8-15(23)20-11-4-5-13(18)14(19)6-11/h4-6,9-10H,7-8H2,1-3H3,(H,20,23). The summed E-state index contributed by atoms with van der Waals surface area (Å²) in [6.45, 7) is 4.06. The zero-order chi connectivity index (χ0) is 18.6. The van der Waals surface area contributed by atoms with Crippen molar-refractivity contribution in [3.05, 3.63) is 44.3 Å². The van der Waals surface area contributed by atoms with Gasteiger partial charge in [-0.05, 0) is 18.2 Å². The highest BCUT2D eigenvalue weighted by Crippen LogP contribution is 2.25. The van der Waals surface area contributed by atoms with E-state index >= 15 is 0 Å². The van der Waals surface area contributed by atoms with Gasteiger partial charge in [-0.25, -0.2) is 4.98 Å². The van der Waals surface area contributed by atoms with E-state index in [4.69, 9.17) is 23.2 Å². The summed E-state index contributed by atoms with van der Waals surface area (Å²) in [7, 11) is 1.59. The number of aromatic nitrogens is 1. The number of benzene rings is 1. The van der Waals surface area contributed by atoms with Crippen molar-refractivity contribution in [2.45, 2.75) is 26.2 Å². The molecule has 134 valence electrons. The predicted octanol–water partition coefficient (Wildman–Crippen LogP) is 4.21. The van der Waals surface area contributed by atoms with Gasteiger partial charge >= 0.3 is 0 Å². The van der Waals surface area contributed by atoms with Crippen LogP contribution in [0.25, 0.3) is 0 Å². The summed E-state index contributed by atoms with van der Waals surface area (Å²) < 4.78 is 0. The Morgan fingerprint density at radius 1 is 1.28 bits per heavy atom. The second-order valence-electron chi connectivity index (χ2n) is 5.94. The fourth-order valence-electron chi connectivity index (χ4n) is 2.04. The monoisotopic (exact) mass is 399 g/mol. The van der Waals surface area contributed by atoms with Crippen molar-refractivity contribution >= 4 is 52.0 Å². The molecular formula is C17H19Cl2N3O2S. The maximum Gasteiger partial charge on any atom is 0.243 e. The Hall–Kier alpha value is -1.63. The Bertz CT molecular complexity index is 777. The third-order valence-electron chi connectivity index (χ3n) is 3.41. The molecule has 8 heteroatoms. The Morgan fingerprint density at radius 2 is 2.00 bits per heavy atom. The first-order valence-electron chi connectivity index (χ1n) is 7.69. The Balaban J connectivity index is 1.88. The summed E-state index contributed by atoms with van der Waals surface area (Å²) in [5.74, 6) is -0.135. The molecule has 0 spiro atoms. The van der Waals surface area contributed by atoms with Gasteiger partial charge < -0.3 is 10.2 Å². The zero-order valence-corrected chi connectivity index (χ0v) is 16.5. The first-order valence-corrected chi connectivity index (χ1v) is 9.33. The first-order chi connectivity index (χ1) is 11.8. The van der Waals surface area contributed by atoms with Crippen molar-refractivity contribution in [1.82, 2.24) is 9.88 Å². The zero-order valence-electron chi connectivity index (χ0n) is 14.2. The van der Waals surface area contributed by atoms with E-state index in [9.17, 15) is 9.59 Å². The molecule has 5 nitrogen and oxygen atoms in total. The van der Waals surface area contributed by atoms with Gasteiger partial charge in [0.25, 0.3) is 0 Å². The van der Waals surface area contributed by atoms with Crippen LogP contribution in [0.15, 0.2) is 23.6 Å². The van der Waals surface area contributed by atoms with Crippen molar-refractivity contribution in [1.29, 1.82) is 0 Å². The van der Waals surface area contributed by atoms with Crippen molar-refractivity contribution in [3.8, 4) is 0 Å². The molecule has 0 aliphatic rings. The van der Waals surface area contributed by atoms with Gasteiger partial charge in [-0.15, -0.1) is 11.3 Å². The van der Waals surface area contributed by atoms with Crippen molar-refractivity contribution in [2.24, 2.45) is 0 Å². The molecule has 0 fully saturated rings. The lowest BCUT2D eigenvalue weighted by Gasteiger charge is -2.16. The highest BCUT2D eigenvalue weighted by molar-refractivity contribution is 7.09. The van der Waals surface area contributed by atoms with Crippen LogP contribution in [-0.4, -0.2) is 35.3 Å². The molecule has 1 aromatic carbocycles. The number of rotatable bonds is 6. The second-order valence-corrected chi connectivity index (χ2v) is 7.64. The van der Waals surface area contributed by atoms with Crippen molar-refractivity contribution in [2.75, 3.05) is 18.9 Å². The molecule has 2 amide bonds. The van der Waals surface area contributed by atoms with Crippen molar-refractivity contribution < 1.29 is 9.59 Å². The molecule has 2 aromatic rings. The summed E-state index contributed by atoms with van der Waals surface area (Å²) in [5.41, 5.74) is 1.26. The minimum atomic E-state index is -0.310. The van der Waals surface area contributed by atoms with E-state index in [0.717, 1.165) is 10.7 Å². The SMILES string of the molecule is CC(C)c1nc(CC(=O)N(C)CC(=O)Nc2ccc(Cl)c(Cl)c2)cs1. The van der Waals surface area contributed by atoms with Crippen LogP contribution in [0, 0.1) is 0 Å². The maximum atomic E-state index is 12.3. The van der Waals surface area contributed by atoms with Gasteiger partial charge in [0.1, 0.15) is 0 Å². The fourth-order valence-corrected chi connectivity index (χ4v) is 3.17. The molecular weight excluding hydrogens is 381 g/mol. The largest absolute Gasteiger partial charge is 0.336 e. The molecule has 25 heavy (non-hydrogen) atoms. The second kappa shape index (κ2) is 8.65. The van der Waals surface area contributed by atoms with Crippen LogP contribution >= 0.6 is 34.5 Å². The number of hydrogen-bond acceptors (Lipinski definition) is 4. The maximum absolute atomic E-state index is 12.3. The van der Waals surface area contributed by atoms with Crippen LogP contribution in [0.5, 0.6) is 0 Å². The smallest absolute Gasteiger partial charge is 0.243 e. The molecule has 1 N–H and O–H groups in total. The number of carbonyl (C=O) groups excluding carboxylic acids is 2. The predicted molar refractivity (Wildman–Crippen MR) is 103 cm³/mol. The van der Waals surface area contributed by atoms with Crippen LogP contribution < -0.4 is 5.32 Å². The number of amides is 2. The van der Waals surface area contributed by atoms with Crippen LogP contribution in [0.2, 0.25) is 10.0 Å². The minimum absolute atomic E-state index is 0.0553. The van der Waals surface area contributed by atoms with Gasteiger partial charge in [0.05, 0.1) is 33.7 Å². The van der Waals surface area contributed by atoms with Crippen LogP contribution in [-0.2, 0) is 16.0 Å². The van der Waals surface area contributed by atoms with E-state index in [1.807, 2.05) is 5.38 Å². The number of carbonyl (C=O) groups is 2. The lowest BCUT2D eigenvalue weighted by molar-refractivity contribution is -0.132. The van der Waals surface area contributed by atoms with Gasteiger partial charge in [-0.1, -0.05) is 37.0 Å². The number of hydrogen-bond donors (Lipinski definition) is 1. The number of likely N-dealkylation sites (N-methyl/N-ethyl adjacent to an activating group) is 1. The van der Waals surface area contributed by atoms with E-state index < -0.39 is 0 Å². The van der Waals surface area contributed by atoms with Gasteiger partial charge in [0.2, 0.25) is 11.8 Å². The molecule has 0 aliphatic heterocycles. The molecule has 0 radical (unpaired) electrons. The van der Waals surface area contributed by atoms with Gasteiger partial charge in [0, 0.05) is 24.0 Å². The fraction of sp³-hybridized carbons (Fsp3) is 0.353. The molecule has 0 unspecified atom stereocenters. The molecule has 1 heterocycles. The van der Waals surface area contributed by atoms with Crippen molar-refractivity contribution in [3.63, 3.8) is 0 Å². The molecule has 0 aliphatic carbocycles. The van der Waals surface area contributed by atoms with Gasteiger partial charge in [0.15, 0.2) is 0 Å². The number of anilines is 1. The lowest BCUT2D eigenvalue weighted by atomic mass is 10.2. The summed E-state index contributed by atoms with van der Waals surface area (Å²) in [6.07, 6.45) is 0.180. The average Bonchev–Trinajstić information content (AvgIpc) is 2.99. The minimum Gasteiger partial charge on any atom is -0.336 e. The molecule has 0 saturated carbocycles. The highest BCUT2D eigenvalue weighted by atomic mass is 35.5. The first kappa shape index (κ1) is 19.7. The number of nitrogens with one attached hydrogen (secondary N) is 1. The number of nitrogens with zero attached hydrogens (tertiary/aromatic N) is 2. The van der Waals surface area contributed by atoms with Crippen LogP contribution in [0.3, 0.4) is 0 Å². The summed E-state index contributed by atoms with van der Waals surface area (Å²) >= 11 is 13.3. The van der Waals surface area contributed by atoms with Crippen LogP contribution in [0.4, 0.5) is 5.69 Å². The van der Waals surface area contributed by atoms with Gasteiger partial charge in [-0.2, -0.15) is 0 Å². The molecule has 0 bridgehead atoms. The van der Waals surface area contributed by atoms with E-state index in [2.05, 4.69) is 24.1 Å². The molecule has 0 saturated heterocycles. The Morgan fingerprint density at radius 3 is 2.60 bits per heavy atom. The lowest BCUT2D eigenvalue weighted by Crippen LogP contribution is -2.35. The summed E-state index contributed by atoms with van der Waals surface area (Å²) in [5, 5.41) is 6.35. The van der Waals surface area contributed by atoms with Crippen LogP contribution in [0.1, 0.15) is 30.5 Å². The van der Waals surface area contributed by atoms with E-state index in [0.29, 0.717) is 21.7 Å². The topological polar surface area (TPSA) is 62.3 Å². The molecule has 2 rings (SSSR count). The van der Waals surface area contributed by atoms with Gasteiger partial charge in [-0.3, -0.25) is 9.59 Å². The Labute approximate surface area is 161 Å². The van der Waals surface area contributed by atoms with E-state index in [1.54, 1.807) is 36.6 Å². The van der Waals surface area contributed by atoms with E-state index in [-0.39, 0.29) is 24.8 Å². The van der Waals surface area contributed by atoms with E-state index in [1.165, 1.54) is 4.90 Å². The Kier molecular flexibility index (Phi) is 6.81. The number of thiazole rings is 1. The summed E-state index contributed by atoms with van der Waals surface area (Å²) in [4.78, 5) is 30.1. The average molecular weight is 400 g/mol. The molecule has 0 atom stereocenters.